The summed E-state index contributed by atoms with van der Waals surface area (Å²) in [5.41, 5.74) is 0.725. The van der Waals surface area contributed by atoms with Gasteiger partial charge in [0, 0.05) is 12.0 Å². The van der Waals surface area contributed by atoms with Crippen molar-refractivity contribution < 1.29 is 14.4 Å². The molecule has 0 fully saturated rings. The van der Waals surface area contributed by atoms with Gasteiger partial charge in [-0.3, -0.25) is 10.1 Å². The average molecular weight is 300 g/mol. The highest BCUT2D eigenvalue weighted by Crippen LogP contribution is 2.37. The molecule has 0 spiro atoms. The minimum atomic E-state index is -0.387. The van der Waals surface area contributed by atoms with Gasteiger partial charge in [-0.25, -0.2) is 0 Å². The van der Waals surface area contributed by atoms with E-state index in [2.05, 4.69) is 0 Å². The van der Waals surface area contributed by atoms with Gasteiger partial charge in [-0.1, -0.05) is 25.4 Å². The van der Waals surface area contributed by atoms with Crippen molar-refractivity contribution in [3.8, 4) is 11.5 Å². The largest absolute Gasteiger partial charge is 0.493 e. The van der Waals surface area contributed by atoms with E-state index >= 15 is 0 Å². The van der Waals surface area contributed by atoms with Gasteiger partial charge in [0.15, 0.2) is 11.5 Å². The summed E-state index contributed by atoms with van der Waals surface area (Å²) >= 11 is 6.13. The molecule has 0 radical (unpaired) electrons. The molecule has 0 saturated heterocycles. The molecule has 0 aromatic heterocycles. The smallest absolute Gasteiger partial charge is 0.249 e. The Balaban J connectivity index is 3.30. The Kier molecular flexibility index (Phi) is 5.82. The number of allylic oxidation sites excluding steroid dienone is 1. The first-order valence-corrected chi connectivity index (χ1v) is 6.64. The monoisotopic (exact) mass is 299 g/mol. The minimum Gasteiger partial charge on any atom is -0.493 e. The van der Waals surface area contributed by atoms with Crippen LogP contribution in [0.1, 0.15) is 26.3 Å². The van der Waals surface area contributed by atoms with Crippen molar-refractivity contribution in [2.75, 3.05) is 13.7 Å². The molecule has 0 N–H and O–H groups in total. The second kappa shape index (κ2) is 7.14. The van der Waals surface area contributed by atoms with Crippen LogP contribution < -0.4 is 9.47 Å². The molecule has 0 unspecified atom stereocenters. The minimum absolute atomic E-state index is 0.118. The molecule has 0 saturated carbocycles. The third kappa shape index (κ3) is 3.87. The van der Waals surface area contributed by atoms with Gasteiger partial charge in [-0.15, -0.1) is 0 Å². The first kappa shape index (κ1) is 16.3. The zero-order chi connectivity index (χ0) is 15.3. The van der Waals surface area contributed by atoms with Crippen molar-refractivity contribution in [3.05, 3.63) is 38.5 Å². The van der Waals surface area contributed by atoms with Crippen molar-refractivity contribution >= 4 is 17.7 Å². The zero-order valence-electron chi connectivity index (χ0n) is 12.0. The third-order valence-corrected chi connectivity index (χ3v) is 2.94. The second-order valence-electron chi connectivity index (χ2n) is 4.45. The lowest BCUT2D eigenvalue weighted by Crippen LogP contribution is -2.05. The summed E-state index contributed by atoms with van der Waals surface area (Å²) in [7, 11) is 1.50. The van der Waals surface area contributed by atoms with E-state index in [9.17, 15) is 10.1 Å². The number of nitro groups is 1. The van der Waals surface area contributed by atoms with E-state index in [-0.39, 0.29) is 16.5 Å². The van der Waals surface area contributed by atoms with Crippen LogP contribution in [0.3, 0.4) is 0 Å². The fourth-order valence-electron chi connectivity index (χ4n) is 1.71. The third-order valence-electron chi connectivity index (χ3n) is 2.66. The molecule has 0 aliphatic carbocycles. The lowest BCUT2D eigenvalue weighted by molar-refractivity contribution is -0.431. The molecule has 5 nitrogen and oxygen atoms in total. The number of benzene rings is 1. The van der Waals surface area contributed by atoms with Crippen molar-refractivity contribution in [2.24, 2.45) is 5.92 Å². The van der Waals surface area contributed by atoms with Crippen LogP contribution in [0, 0.1) is 16.0 Å². The summed E-state index contributed by atoms with van der Waals surface area (Å²) in [5, 5.41) is 11.4. The highest BCUT2D eigenvalue weighted by molar-refractivity contribution is 6.32. The van der Waals surface area contributed by atoms with E-state index in [1.54, 1.807) is 26.0 Å². The van der Waals surface area contributed by atoms with Gasteiger partial charge in [0.2, 0.25) is 5.70 Å². The molecule has 6 heteroatoms. The Morgan fingerprint density at radius 3 is 2.60 bits per heavy atom. The Morgan fingerprint density at radius 2 is 2.15 bits per heavy atom. The van der Waals surface area contributed by atoms with Crippen LogP contribution in [0.5, 0.6) is 11.5 Å². The molecule has 1 aromatic carbocycles. The van der Waals surface area contributed by atoms with E-state index in [1.807, 2.05) is 6.92 Å². The molecule has 0 aliphatic heterocycles. The predicted molar refractivity (Wildman–Crippen MR) is 79.0 cm³/mol. The highest BCUT2D eigenvalue weighted by Gasteiger charge is 2.17. The predicted octanol–water partition coefficient (Wildman–Crippen LogP) is 4.02. The number of hydrogen-bond acceptors (Lipinski definition) is 4. The van der Waals surface area contributed by atoms with E-state index < -0.39 is 0 Å². The topological polar surface area (TPSA) is 61.6 Å². The van der Waals surface area contributed by atoms with Crippen LogP contribution >= 0.6 is 11.6 Å². The van der Waals surface area contributed by atoms with Crippen molar-refractivity contribution in [1.82, 2.24) is 0 Å². The van der Waals surface area contributed by atoms with Gasteiger partial charge >= 0.3 is 0 Å². The fraction of sp³-hybridized carbons (Fsp3) is 0.429. The maximum Gasteiger partial charge on any atom is 0.249 e. The zero-order valence-corrected chi connectivity index (χ0v) is 12.7. The van der Waals surface area contributed by atoms with Gasteiger partial charge in [-0.2, -0.15) is 0 Å². The maximum absolute atomic E-state index is 11.0. The van der Waals surface area contributed by atoms with Crippen molar-refractivity contribution in [2.45, 2.75) is 20.8 Å². The van der Waals surface area contributed by atoms with Gasteiger partial charge in [0.1, 0.15) is 0 Å². The van der Waals surface area contributed by atoms with Crippen LogP contribution in [0.15, 0.2) is 17.8 Å². The number of rotatable bonds is 6. The molecule has 1 rings (SSSR count). The average Bonchev–Trinajstić information content (AvgIpc) is 2.37. The van der Waals surface area contributed by atoms with Crippen LogP contribution in [0.2, 0.25) is 5.02 Å². The van der Waals surface area contributed by atoms with Crippen LogP contribution in [0.25, 0.3) is 6.08 Å². The summed E-state index contributed by atoms with van der Waals surface area (Å²) in [4.78, 5) is 10.6. The van der Waals surface area contributed by atoms with Crippen molar-refractivity contribution in [1.29, 1.82) is 0 Å². The van der Waals surface area contributed by atoms with E-state index in [4.69, 9.17) is 21.1 Å². The lowest BCUT2D eigenvalue weighted by atomic mass is 10.1. The maximum atomic E-state index is 11.0. The molecule has 0 aliphatic rings. The molecule has 0 amide bonds. The normalized spacial score (nSPS) is 11.6. The number of ether oxygens (including phenoxy) is 2. The molecular weight excluding hydrogens is 282 g/mol. The van der Waals surface area contributed by atoms with Gasteiger partial charge in [0.25, 0.3) is 0 Å². The Hall–Kier alpha value is -1.75. The standard InChI is InChI=1S/C14H18ClNO4/c1-5-20-14-11(15)6-10(8-13(14)19-4)7-12(9(2)3)16(17)18/h6-9H,5H2,1-4H3/b12-7-. The highest BCUT2D eigenvalue weighted by atomic mass is 35.5. The quantitative estimate of drug-likeness (QED) is 0.588. The first-order chi connectivity index (χ1) is 9.40. The summed E-state index contributed by atoms with van der Waals surface area (Å²) in [5.74, 6) is 0.708. The fourth-order valence-corrected chi connectivity index (χ4v) is 1.98. The number of methoxy groups -OCH3 is 1. The van der Waals surface area contributed by atoms with Crippen LogP contribution in [-0.2, 0) is 0 Å². The molecule has 20 heavy (non-hydrogen) atoms. The Morgan fingerprint density at radius 1 is 1.50 bits per heavy atom. The molecule has 1 aromatic rings. The van der Waals surface area contributed by atoms with E-state index in [1.165, 1.54) is 13.2 Å². The summed E-state index contributed by atoms with van der Waals surface area (Å²) < 4.78 is 10.6. The van der Waals surface area contributed by atoms with Gasteiger partial charge < -0.3 is 9.47 Å². The molecule has 110 valence electrons. The number of hydrogen-bond donors (Lipinski definition) is 0. The van der Waals surface area contributed by atoms with E-state index in [0.29, 0.717) is 28.7 Å². The van der Waals surface area contributed by atoms with Gasteiger partial charge in [0.05, 0.1) is 23.7 Å². The molecular formula is C14H18ClNO4. The molecule has 0 heterocycles. The van der Waals surface area contributed by atoms with Gasteiger partial charge in [-0.05, 0) is 24.6 Å². The summed E-state index contributed by atoms with van der Waals surface area (Å²) in [6.07, 6.45) is 1.49. The summed E-state index contributed by atoms with van der Waals surface area (Å²) in [6, 6.07) is 3.30. The van der Waals surface area contributed by atoms with Crippen LogP contribution in [0.4, 0.5) is 0 Å². The Bertz CT molecular complexity index is 526. The van der Waals surface area contributed by atoms with E-state index in [0.717, 1.165) is 0 Å². The number of halogens is 1. The van der Waals surface area contributed by atoms with Crippen molar-refractivity contribution in [3.63, 3.8) is 0 Å². The lowest BCUT2D eigenvalue weighted by Gasteiger charge is -2.12. The molecule has 0 bridgehead atoms. The second-order valence-corrected chi connectivity index (χ2v) is 4.86. The molecule has 0 atom stereocenters. The van der Waals surface area contributed by atoms with Crippen LogP contribution in [-0.4, -0.2) is 18.6 Å². The summed E-state index contributed by atoms with van der Waals surface area (Å²) in [6.45, 7) is 5.83. The SMILES string of the molecule is CCOc1c(Cl)cc(/C=C(/C(C)C)[N+](=O)[O-])cc1OC. The Labute approximate surface area is 123 Å². The first-order valence-electron chi connectivity index (χ1n) is 6.27. The number of nitrogens with zero attached hydrogens (tertiary/aromatic N) is 1.